The predicted molar refractivity (Wildman–Crippen MR) is 124 cm³/mol. The van der Waals surface area contributed by atoms with Crippen LogP contribution in [0.5, 0.6) is 0 Å². The molecule has 136 valence electrons. The van der Waals surface area contributed by atoms with Gasteiger partial charge in [-0.1, -0.05) is 36.4 Å². The van der Waals surface area contributed by atoms with Crippen LogP contribution in [0.2, 0.25) is 0 Å². The molecule has 0 aromatic heterocycles. The van der Waals surface area contributed by atoms with Crippen molar-refractivity contribution in [1.82, 2.24) is 0 Å². The number of hydrogen-bond acceptors (Lipinski definition) is 2. The average molecular weight is 393 g/mol. The summed E-state index contributed by atoms with van der Waals surface area (Å²) in [5.74, 6) is 0. The third-order valence-electron chi connectivity index (χ3n) is 3.80. The zero-order valence-electron chi connectivity index (χ0n) is 14.8. The third-order valence-corrected chi connectivity index (χ3v) is 4.20. The van der Waals surface area contributed by atoms with Crippen molar-refractivity contribution in [3.63, 3.8) is 0 Å². The third kappa shape index (κ3) is 5.77. The maximum Gasteiger partial charge on any atom is 0.175 e. The number of para-hydroxylation sites is 2. The van der Waals surface area contributed by atoms with E-state index >= 15 is 0 Å². The molecule has 0 spiro atoms. The van der Waals surface area contributed by atoms with E-state index in [0.717, 1.165) is 28.3 Å². The molecule has 3 aromatic carbocycles. The summed E-state index contributed by atoms with van der Waals surface area (Å²) in [5.41, 5.74) is 4.80. The van der Waals surface area contributed by atoms with Crippen LogP contribution in [0.15, 0.2) is 78.9 Å². The van der Waals surface area contributed by atoms with Gasteiger partial charge < -0.3 is 21.3 Å². The lowest BCUT2D eigenvalue weighted by Crippen LogP contribution is -2.20. The number of nitrogens with one attached hydrogen (secondary N) is 4. The molecule has 0 unspecified atom stereocenters. The SMILES string of the molecule is Cc1cc(NC(=S)Nc2ccccc2)ccc1NC(=S)Nc1ccccc1. The van der Waals surface area contributed by atoms with E-state index in [9.17, 15) is 0 Å². The van der Waals surface area contributed by atoms with E-state index in [1.54, 1.807) is 0 Å². The Morgan fingerprint density at radius 2 is 1.07 bits per heavy atom. The molecule has 0 fully saturated rings. The van der Waals surface area contributed by atoms with Crippen molar-refractivity contribution in [2.24, 2.45) is 0 Å². The van der Waals surface area contributed by atoms with Gasteiger partial charge in [-0.25, -0.2) is 0 Å². The molecule has 0 bridgehead atoms. The number of anilines is 4. The van der Waals surface area contributed by atoms with E-state index in [1.165, 1.54) is 0 Å². The minimum atomic E-state index is 0.544. The molecule has 0 saturated carbocycles. The van der Waals surface area contributed by atoms with Crippen LogP contribution in [-0.2, 0) is 0 Å². The molecule has 0 heterocycles. The van der Waals surface area contributed by atoms with Gasteiger partial charge >= 0.3 is 0 Å². The summed E-state index contributed by atoms with van der Waals surface area (Å²) in [6.45, 7) is 2.02. The Bertz CT molecular complexity index is 927. The minimum Gasteiger partial charge on any atom is -0.332 e. The van der Waals surface area contributed by atoms with Gasteiger partial charge in [0.05, 0.1) is 0 Å². The Hall–Kier alpha value is -2.96. The Balaban J connectivity index is 1.58. The van der Waals surface area contributed by atoms with Crippen LogP contribution in [0.3, 0.4) is 0 Å². The molecule has 0 saturated heterocycles. The molecule has 0 atom stereocenters. The predicted octanol–water partition coefficient (Wildman–Crippen LogP) is 5.61. The van der Waals surface area contributed by atoms with Crippen LogP contribution < -0.4 is 21.3 Å². The van der Waals surface area contributed by atoms with Crippen molar-refractivity contribution in [3.8, 4) is 0 Å². The molecule has 4 nitrogen and oxygen atoms in total. The van der Waals surface area contributed by atoms with Crippen molar-refractivity contribution in [1.29, 1.82) is 0 Å². The molecule has 0 aliphatic heterocycles. The van der Waals surface area contributed by atoms with Gasteiger partial charge in [0.15, 0.2) is 10.2 Å². The van der Waals surface area contributed by atoms with Gasteiger partial charge in [-0.05, 0) is 79.4 Å². The molecule has 27 heavy (non-hydrogen) atoms. The van der Waals surface area contributed by atoms with Crippen LogP contribution in [0, 0.1) is 6.92 Å². The number of thiocarbonyl (C=S) groups is 2. The van der Waals surface area contributed by atoms with E-state index in [4.69, 9.17) is 24.4 Å². The molecular formula is C21H20N4S2. The summed E-state index contributed by atoms with van der Waals surface area (Å²) >= 11 is 10.8. The summed E-state index contributed by atoms with van der Waals surface area (Å²) in [4.78, 5) is 0. The molecular weight excluding hydrogens is 372 g/mol. The maximum atomic E-state index is 5.38. The van der Waals surface area contributed by atoms with Gasteiger partial charge in [0.2, 0.25) is 0 Å². The van der Waals surface area contributed by atoms with E-state index in [-0.39, 0.29) is 0 Å². The van der Waals surface area contributed by atoms with Gasteiger partial charge in [0.1, 0.15) is 0 Å². The summed E-state index contributed by atoms with van der Waals surface area (Å²) in [6.07, 6.45) is 0. The standard InChI is InChI=1S/C21H20N4S2/c1-15-14-18(24-20(26)22-16-8-4-2-5-9-16)12-13-19(15)25-21(27)23-17-10-6-3-7-11-17/h2-14H,1H3,(H2,22,24,26)(H2,23,25,27). The van der Waals surface area contributed by atoms with Gasteiger partial charge in [-0.2, -0.15) is 0 Å². The molecule has 3 rings (SSSR count). The fourth-order valence-corrected chi connectivity index (χ4v) is 2.97. The maximum absolute atomic E-state index is 5.38. The van der Waals surface area contributed by atoms with Crippen LogP contribution >= 0.6 is 24.4 Å². The fraction of sp³-hybridized carbons (Fsp3) is 0.0476. The molecule has 3 aromatic rings. The highest BCUT2D eigenvalue weighted by Gasteiger charge is 2.05. The largest absolute Gasteiger partial charge is 0.332 e. The number of benzene rings is 3. The number of aryl methyl sites for hydroxylation is 1. The lowest BCUT2D eigenvalue weighted by atomic mass is 10.2. The molecule has 6 heteroatoms. The summed E-state index contributed by atoms with van der Waals surface area (Å²) in [6, 6.07) is 25.6. The first kappa shape index (κ1) is 18.8. The van der Waals surface area contributed by atoms with Gasteiger partial charge in [0, 0.05) is 22.7 Å². The van der Waals surface area contributed by atoms with Crippen molar-refractivity contribution in [2.75, 3.05) is 21.3 Å². The van der Waals surface area contributed by atoms with Gasteiger partial charge in [0.25, 0.3) is 0 Å². The molecule has 0 amide bonds. The topological polar surface area (TPSA) is 48.1 Å². The van der Waals surface area contributed by atoms with E-state index < -0.39 is 0 Å². The molecule has 0 aliphatic rings. The molecule has 4 N–H and O–H groups in total. The summed E-state index contributed by atoms with van der Waals surface area (Å²) < 4.78 is 0. The highest BCUT2D eigenvalue weighted by molar-refractivity contribution is 7.81. The second-order valence-electron chi connectivity index (χ2n) is 5.92. The normalized spacial score (nSPS) is 9.96. The zero-order valence-corrected chi connectivity index (χ0v) is 16.5. The Morgan fingerprint density at radius 1 is 0.593 bits per heavy atom. The van der Waals surface area contributed by atoms with Crippen molar-refractivity contribution < 1.29 is 0 Å². The second-order valence-corrected chi connectivity index (χ2v) is 6.74. The van der Waals surface area contributed by atoms with Crippen LogP contribution in [0.4, 0.5) is 22.7 Å². The Labute approximate surface area is 170 Å². The molecule has 0 radical (unpaired) electrons. The van der Waals surface area contributed by atoms with Crippen LogP contribution in [0.1, 0.15) is 5.56 Å². The van der Waals surface area contributed by atoms with E-state index in [2.05, 4.69) is 21.3 Å². The monoisotopic (exact) mass is 392 g/mol. The highest BCUT2D eigenvalue weighted by Crippen LogP contribution is 2.20. The van der Waals surface area contributed by atoms with Gasteiger partial charge in [-0.3, -0.25) is 0 Å². The minimum absolute atomic E-state index is 0.544. The smallest absolute Gasteiger partial charge is 0.175 e. The van der Waals surface area contributed by atoms with Crippen molar-refractivity contribution in [3.05, 3.63) is 84.4 Å². The first-order chi connectivity index (χ1) is 13.1. The van der Waals surface area contributed by atoms with E-state index in [1.807, 2.05) is 85.8 Å². The van der Waals surface area contributed by atoms with Crippen LogP contribution in [-0.4, -0.2) is 10.2 Å². The number of rotatable bonds is 4. The lowest BCUT2D eigenvalue weighted by Gasteiger charge is -2.15. The van der Waals surface area contributed by atoms with Crippen LogP contribution in [0.25, 0.3) is 0 Å². The Kier molecular flexibility index (Phi) is 6.35. The van der Waals surface area contributed by atoms with Gasteiger partial charge in [-0.15, -0.1) is 0 Å². The first-order valence-corrected chi connectivity index (χ1v) is 9.28. The molecule has 0 aliphatic carbocycles. The summed E-state index contributed by atoms with van der Waals surface area (Å²) in [5, 5.41) is 13.8. The zero-order chi connectivity index (χ0) is 19.1. The average Bonchev–Trinajstić information content (AvgIpc) is 2.65. The first-order valence-electron chi connectivity index (χ1n) is 8.47. The Morgan fingerprint density at radius 3 is 1.59 bits per heavy atom. The fourth-order valence-electron chi connectivity index (χ4n) is 2.50. The van der Waals surface area contributed by atoms with Crippen molar-refractivity contribution in [2.45, 2.75) is 6.92 Å². The second kappa shape index (κ2) is 9.12. The quantitative estimate of drug-likeness (QED) is 0.433. The summed E-state index contributed by atoms with van der Waals surface area (Å²) in [7, 11) is 0. The highest BCUT2D eigenvalue weighted by atomic mass is 32.1. The lowest BCUT2D eigenvalue weighted by molar-refractivity contribution is 1.45. The van der Waals surface area contributed by atoms with E-state index in [0.29, 0.717) is 10.2 Å². The number of hydrogen-bond donors (Lipinski definition) is 4. The van der Waals surface area contributed by atoms with Crippen molar-refractivity contribution >= 4 is 57.4 Å².